The molecular weight excluding hydrogens is 643 g/mol. The van der Waals surface area contributed by atoms with Gasteiger partial charge < -0.3 is 31.1 Å². The van der Waals surface area contributed by atoms with Crippen molar-refractivity contribution in [1.82, 2.24) is 47.0 Å². The van der Waals surface area contributed by atoms with Crippen LogP contribution in [0.1, 0.15) is 29.3 Å². The number of hydrogen-bond donors (Lipinski definition) is 13. The molecule has 0 aliphatic carbocycles. The van der Waals surface area contributed by atoms with E-state index >= 15 is 0 Å². The summed E-state index contributed by atoms with van der Waals surface area (Å²) in [5.74, 6) is 0.438. The molecule has 0 spiro atoms. The molecule has 15 nitrogen and oxygen atoms in total. The third kappa shape index (κ3) is 12.4. The van der Waals surface area contributed by atoms with E-state index in [1.807, 2.05) is 31.3 Å². The standard InChI is InChI=1S/C28H43N15S3/c1-17-5-6-21(44-17)15-42(3)28(34)41-26(32)38-14-20-9-8-19(46-20)13-37-25(31)39-24(30)36-12-11-18-7-10-22(45-18)16-43(4)27(33)40-23(29)35-2/h5-10H,11-16H2,1-4H3,(H4,29,33,35,40)(H4,32,34,38,41)(H5,30,31,36,37,39). The third-order valence-corrected chi connectivity index (χ3v) is 9.52. The van der Waals surface area contributed by atoms with Gasteiger partial charge >= 0.3 is 0 Å². The fourth-order valence-corrected chi connectivity index (χ4v) is 6.77. The van der Waals surface area contributed by atoms with E-state index in [0.717, 1.165) is 24.4 Å². The fraction of sp³-hybridized carbons (Fsp3) is 0.357. The third-order valence-electron chi connectivity index (χ3n) is 6.32. The van der Waals surface area contributed by atoms with Crippen LogP contribution in [0.25, 0.3) is 0 Å². The van der Waals surface area contributed by atoms with E-state index in [0.29, 0.717) is 39.1 Å². The number of guanidine groups is 6. The van der Waals surface area contributed by atoms with Crippen LogP contribution in [0, 0.1) is 39.4 Å². The van der Waals surface area contributed by atoms with Crippen molar-refractivity contribution in [1.29, 1.82) is 32.5 Å². The zero-order valence-electron chi connectivity index (χ0n) is 26.3. The van der Waals surface area contributed by atoms with Gasteiger partial charge in [0.05, 0.1) is 26.2 Å². The molecule has 3 aromatic rings. The van der Waals surface area contributed by atoms with Gasteiger partial charge in [0.2, 0.25) is 0 Å². The average Bonchev–Trinajstić information content (AvgIpc) is 3.76. The lowest BCUT2D eigenvalue weighted by Crippen LogP contribution is -2.46. The van der Waals surface area contributed by atoms with Crippen LogP contribution in [0.15, 0.2) is 36.4 Å². The van der Waals surface area contributed by atoms with Gasteiger partial charge in [0.1, 0.15) is 0 Å². The molecule has 0 unspecified atom stereocenters. The number of aryl methyl sites for hydroxylation is 1. The van der Waals surface area contributed by atoms with Gasteiger partial charge in [-0.2, -0.15) is 0 Å². The smallest absolute Gasteiger partial charge is 0.197 e. The molecule has 0 aliphatic rings. The Labute approximate surface area is 281 Å². The molecule has 18 heteroatoms. The van der Waals surface area contributed by atoms with E-state index in [1.165, 1.54) is 4.88 Å². The number of nitrogens with zero attached hydrogens (tertiary/aromatic N) is 2. The summed E-state index contributed by atoms with van der Waals surface area (Å²) in [5, 5.41) is 68.0. The van der Waals surface area contributed by atoms with Crippen molar-refractivity contribution in [3.63, 3.8) is 0 Å². The molecule has 0 fully saturated rings. The first-order valence-electron chi connectivity index (χ1n) is 14.3. The molecule has 3 heterocycles. The van der Waals surface area contributed by atoms with E-state index in [9.17, 15) is 0 Å². The van der Waals surface area contributed by atoms with Crippen LogP contribution >= 0.6 is 34.0 Å². The predicted octanol–water partition coefficient (Wildman–Crippen LogP) is 2.35. The van der Waals surface area contributed by atoms with Crippen LogP contribution in [-0.4, -0.2) is 73.2 Å². The molecule has 0 atom stereocenters. The summed E-state index contributed by atoms with van der Waals surface area (Å²) in [5.41, 5.74) is 0. The van der Waals surface area contributed by atoms with Gasteiger partial charge in [0, 0.05) is 57.0 Å². The van der Waals surface area contributed by atoms with Gasteiger partial charge in [-0.3, -0.25) is 48.4 Å². The zero-order chi connectivity index (χ0) is 33.6. The molecule has 0 aromatic carbocycles. The van der Waals surface area contributed by atoms with E-state index in [-0.39, 0.29) is 35.8 Å². The van der Waals surface area contributed by atoms with E-state index in [1.54, 1.807) is 57.9 Å². The Morgan fingerprint density at radius 3 is 1.61 bits per heavy atom. The van der Waals surface area contributed by atoms with Crippen molar-refractivity contribution in [3.8, 4) is 0 Å². The summed E-state index contributed by atoms with van der Waals surface area (Å²) in [4.78, 5) is 10.1. The Balaban J connectivity index is 1.29. The van der Waals surface area contributed by atoms with Gasteiger partial charge in [-0.1, -0.05) is 0 Å². The fourth-order valence-electron chi connectivity index (χ4n) is 3.86. The molecule has 46 heavy (non-hydrogen) atoms. The molecule has 0 bridgehead atoms. The van der Waals surface area contributed by atoms with Gasteiger partial charge in [-0.15, -0.1) is 34.0 Å². The van der Waals surface area contributed by atoms with Crippen LogP contribution < -0.4 is 37.2 Å². The maximum absolute atomic E-state index is 8.21. The molecule has 0 amide bonds. The van der Waals surface area contributed by atoms with Crippen molar-refractivity contribution >= 4 is 69.8 Å². The minimum atomic E-state index is 0.0146. The van der Waals surface area contributed by atoms with Crippen molar-refractivity contribution in [2.24, 2.45) is 0 Å². The summed E-state index contributed by atoms with van der Waals surface area (Å²) in [6.45, 7) is 4.59. The van der Waals surface area contributed by atoms with Gasteiger partial charge in [0.15, 0.2) is 35.8 Å². The largest absolute Gasteiger partial charge is 0.359 e. The lowest BCUT2D eigenvalue weighted by molar-refractivity contribution is 0.488. The highest BCUT2D eigenvalue weighted by Crippen LogP contribution is 2.19. The zero-order valence-corrected chi connectivity index (χ0v) is 28.8. The summed E-state index contributed by atoms with van der Waals surface area (Å²) in [7, 11) is 5.23. The normalized spacial score (nSPS) is 10.3. The van der Waals surface area contributed by atoms with E-state index in [2.05, 4.69) is 56.3 Å². The maximum atomic E-state index is 8.21. The monoisotopic (exact) mass is 685 g/mol. The van der Waals surface area contributed by atoms with E-state index < -0.39 is 0 Å². The Morgan fingerprint density at radius 2 is 1.04 bits per heavy atom. The minimum Gasteiger partial charge on any atom is -0.359 e. The van der Waals surface area contributed by atoms with Crippen molar-refractivity contribution in [2.75, 3.05) is 27.7 Å². The first-order chi connectivity index (χ1) is 21.9. The second kappa shape index (κ2) is 17.7. The Hall–Kier alpha value is -4.68. The molecule has 3 rings (SSSR count). The van der Waals surface area contributed by atoms with Crippen LogP contribution in [0.2, 0.25) is 0 Å². The molecule has 13 N–H and O–H groups in total. The lowest BCUT2D eigenvalue weighted by Gasteiger charge is -2.20. The number of hydrogen-bond acceptors (Lipinski definition) is 9. The SMILES string of the molecule is CNC(=N)NC(=N)N(C)Cc1ccc(CCNC(=N)NC(=N)NCc2ccc(CNC(=N)NC(=N)N(C)Cc3ccc(C)s3)s2)s1. The highest BCUT2D eigenvalue weighted by atomic mass is 32.1. The number of rotatable bonds is 11. The predicted molar refractivity (Wildman–Crippen MR) is 191 cm³/mol. The maximum Gasteiger partial charge on any atom is 0.197 e. The molecule has 0 saturated carbocycles. The average molecular weight is 686 g/mol. The Kier molecular flexibility index (Phi) is 13.8. The molecule has 3 aromatic heterocycles. The minimum absolute atomic E-state index is 0.0146. The first-order valence-corrected chi connectivity index (χ1v) is 16.7. The molecular formula is C28H43N15S3. The van der Waals surface area contributed by atoms with Gasteiger partial charge in [0.25, 0.3) is 0 Å². The summed E-state index contributed by atoms with van der Waals surface area (Å²) < 4.78 is 0. The Morgan fingerprint density at radius 1 is 0.587 bits per heavy atom. The summed E-state index contributed by atoms with van der Waals surface area (Å²) >= 11 is 4.88. The van der Waals surface area contributed by atoms with Crippen LogP contribution in [-0.2, 0) is 32.6 Å². The molecule has 0 aliphatic heterocycles. The van der Waals surface area contributed by atoms with Gasteiger partial charge in [-0.05, 0) is 49.7 Å². The molecule has 248 valence electrons. The van der Waals surface area contributed by atoms with Gasteiger partial charge in [-0.25, -0.2) is 0 Å². The number of thiophene rings is 3. The lowest BCUT2D eigenvalue weighted by atomic mass is 10.3. The van der Waals surface area contributed by atoms with Crippen molar-refractivity contribution in [2.45, 2.75) is 39.5 Å². The summed E-state index contributed by atoms with van der Waals surface area (Å²) in [6, 6.07) is 12.1. The topological polar surface area (TPSA) is 234 Å². The Bertz CT molecular complexity index is 1520. The molecule has 0 saturated heterocycles. The number of nitrogens with one attached hydrogen (secondary N) is 13. The highest BCUT2D eigenvalue weighted by Gasteiger charge is 2.11. The van der Waals surface area contributed by atoms with Crippen molar-refractivity contribution in [3.05, 3.63) is 65.7 Å². The van der Waals surface area contributed by atoms with Crippen LogP contribution in [0.4, 0.5) is 0 Å². The van der Waals surface area contributed by atoms with E-state index in [4.69, 9.17) is 32.5 Å². The molecule has 0 radical (unpaired) electrons. The second-order valence-corrected chi connectivity index (χ2v) is 14.0. The quantitative estimate of drug-likeness (QED) is 0.105. The first kappa shape index (κ1) is 35.8. The summed E-state index contributed by atoms with van der Waals surface area (Å²) in [6.07, 6.45) is 0.713. The van der Waals surface area contributed by atoms with Crippen LogP contribution in [0.5, 0.6) is 0 Å². The highest BCUT2D eigenvalue weighted by molar-refractivity contribution is 7.12. The van der Waals surface area contributed by atoms with Crippen LogP contribution in [0.3, 0.4) is 0 Å². The second-order valence-electron chi connectivity index (χ2n) is 10.2. The van der Waals surface area contributed by atoms with Crippen molar-refractivity contribution < 1.29 is 0 Å².